The third kappa shape index (κ3) is 3.91. The minimum atomic E-state index is -0.639. The van der Waals surface area contributed by atoms with Gasteiger partial charge in [-0.15, -0.1) is 0 Å². The minimum absolute atomic E-state index is 0.231. The normalized spacial score (nSPS) is 26.9. The van der Waals surface area contributed by atoms with Crippen molar-refractivity contribution in [2.45, 2.75) is 44.2 Å². The van der Waals surface area contributed by atoms with Crippen LogP contribution in [0.1, 0.15) is 32.1 Å². The van der Waals surface area contributed by atoms with Crippen molar-refractivity contribution in [3.8, 4) is 0 Å². The second-order valence-electron chi connectivity index (χ2n) is 5.65. The van der Waals surface area contributed by atoms with Crippen molar-refractivity contribution >= 4 is 5.97 Å². The SMILES string of the molecule is COCCCN1CCC(N2CCCC2C(=O)O)CC1. The maximum absolute atomic E-state index is 11.2. The largest absolute Gasteiger partial charge is 0.480 e. The number of carboxylic acids is 1. The van der Waals surface area contributed by atoms with Crippen molar-refractivity contribution in [3.63, 3.8) is 0 Å². The summed E-state index contributed by atoms with van der Waals surface area (Å²) in [5.74, 6) is -0.639. The molecule has 2 saturated heterocycles. The summed E-state index contributed by atoms with van der Waals surface area (Å²) < 4.78 is 5.08. The first kappa shape index (κ1) is 14.8. The summed E-state index contributed by atoms with van der Waals surface area (Å²) in [5.41, 5.74) is 0. The molecule has 0 radical (unpaired) electrons. The van der Waals surface area contributed by atoms with Gasteiger partial charge in [-0.2, -0.15) is 0 Å². The van der Waals surface area contributed by atoms with Gasteiger partial charge in [0.1, 0.15) is 6.04 Å². The van der Waals surface area contributed by atoms with E-state index in [1.807, 2.05) is 0 Å². The van der Waals surface area contributed by atoms with Crippen LogP contribution in [0.3, 0.4) is 0 Å². The minimum Gasteiger partial charge on any atom is -0.480 e. The fourth-order valence-electron chi connectivity index (χ4n) is 3.40. The highest BCUT2D eigenvalue weighted by Crippen LogP contribution is 2.26. The maximum Gasteiger partial charge on any atom is 0.320 e. The van der Waals surface area contributed by atoms with Crippen LogP contribution in [0.2, 0.25) is 0 Å². The van der Waals surface area contributed by atoms with E-state index >= 15 is 0 Å². The molecule has 5 nitrogen and oxygen atoms in total. The van der Waals surface area contributed by atoms with Gasteiger partial charge in [-0.1, -0.05) is 0 Å². The van der Waals surface area contributed by atoms with Crippen LogP contribution < -0.4 is 0 Å². The summed E-state index contributed by atoms with van der Waals surface area (Å²) in [4.78, 5) is 15.9. The average Bonchev–Trinajstić information content (AvgIpc) is 2.89. The van der Waals surface area contributed by atoms with Gasteiger partial charge in [0, 0.05) is 26.3 Å². The van der Waals surface area contributed by atoms with E-state index in [-0.39, 0.29) is 6.04 Å². The van der Waals surface area contributed by atoms with Gasteiger partial charge in [0.25, 0.3) is 0 Å². The Balaban J connectivity index is 1.75. The van der Waals surface area contributed by atoms with Crippen molar-refractivity contribution < 1.29 is 14.6 Å². The smallest absolute Gasteiger partial charge is 0.320 e. The van der Waals surface area contributed by atoms with Crippen LogP contribution in [-0.4, -0.2) is 72.9 Å². The number of carbonyl (C=O) groups is 1. The first-order valence-corrected chi connectivity index (χ1v) is 7.42. The highest BCUT2D eigenvalue weighted by molar-refractivity contribution is 5.73. The number of piperidine rings is 1. The summed E-state index contributed by atoms with van der Waals surface area (Å²) in [6, 6.07) is 0.243. The van der Waals surface area contributed by atoms with E-state index in [9.17, 15) is 9.90 Å². The van der Waals surface area contributed by atoms with E-state index in [1.165, 1.54) is 0 Å². The second kappa shape index (κ2) is 7.22. The molecule has 1 atom stereocenters. The van der Waals surface area contributed by atoms with Crippen molar-refractivity contribution in [2.24, 2.45) is 0 Å². The Morgan fingerprint density at radius 3 is 2.63 bits per heavy atom. The molecule has 2 rings (SSSR count). The summed E-state index contributed by atoms with van der Waals surface area (Å²) in [6.45, 7) is 5.08. The molecule has 0 aromatic rings. The monoisotopic (exact) mass is 270 g/mol. The van der Waals surface area contributed by atoms with Gasteiger partial charge >= 0.3 is 5.97 Å². The van der Waals surface area contributed by atoms with Crippen LogP contribution in [0.5, 0.6) is 0 Å². The topological polar surface area (TPSA) is 53.0 Å². The number of aliphatic carboxylic acids is 1. The predicted molar refractivity (Wildman–Crippen MR) is 73.3 cm³/mol. The van der Waals surface area contributed by atoms with Gasteiger partial charge in [-0.05, 0) is 51.7 Å². The van der Waals surface area contributed by atoms with Crippen LogP contribution in [0.15, 0.2) is 0 Å². The fourth-order valence-corrected chi connectivity index (χ4v) is 3.40. The molecule has 2 aliphatic heterocycles. The van der Waals surface area contributed by atoms with Gasteiger partial charge in [0.2, 0.25) is 0 Å². The Kier molecular flexibility index (Phi) is 5.60. The maximum atomic E-state index is 11.2. The zero-order valence-electron chi connectivity index (χ0n) is 11.9. The molecule has 0 aromatic carbocycles. The molecule has 110 valence electrons. The molecule has 5 heteroatoms. The number of hydrogen-bond donors (Lipinski definition) is 1. The molecule has 1 unspecified atom stereocenters. The molecule has 1 N–H and O–H groups in total. The lowest BCUT2D eigenvalue weighted by molar-refractivity contribution is -0.143. The standard InChI is InChI=1S/C14H26N2O3/c1-19-11-3-7-15-9-5-12(6-10-15)16-8-2-4-13(16)14(17)18/h12-13H,2-11H2,1H3,(H,17,18). The third-order valence-corrected chi connectivity index (χ3v) is 4.43. The molecule has 0 saturated carbocycles. The van der Waals surface area contributed by atoms with Gasteiger partial charge in [0.15, 0.2) is 0 Å². The van der Waals surface area contributed by atoms with E-state index in [0.717, 1.165) is 64.9 Å². The highest BCUT2D eigenvalue weighted by atomic mass is 16.5. The molecule has 0 aliphatic carbocycles. The average molecular weight is 270 g/mol. The first-order chi connectivity index (χ1) is 9.22. The summed E-state index contributed by atoms with van der Waals surface area (Å²) in [6.07, 6.45) is 5.16. The molecule has 2 heterocycles. The third-order valence-electron chi connectivity index (χ3n) is 4.43. The number of nitrogens with zero attached hydrogens (tertiary/aromatic N) is 2. The van der Waals surface area contributed by atoms with E-state index in [4.69, 9.17) is 4.74 Å². The zero-order valence-corrected chi connectivity index (χ0v) is 11.9. The quantitative estimate of drug-likeness (QED) is 0.731. The number of carboxylic acid groups (broad SMARTS) is 1. The summed E-state index contributed by atoms with van der Waals surface area (Å²) in [7, 11) is 1.74. The Morgan fingerprint density at radius 2 is 2.00 bits per heavy atom. The molecule has 0 amide bonds. The van der Waals surface area contributed by atoms with Crippen molar-refractivity contribution in [2.75, 3.05) is 39.9 Å². The number of methoxy groups -OCH3 is 1. The van der Waals surface area contributed by atoms with Crippen LogP contribution in [0, 0.1) is 0 Å². The van der Waals surface area contributed by atoms with E-state index in [1.54, 1.807) is 7.11 Å². The second-order valence-corrected chi connectivity index (χ2v) is 5.65. The van der Waals surface area contributed by atoms with E-state index in [2.05, 4.69) is 9.80 Å². The molecule has 2 fully saturated rings. The van der Waals surface area contributed by atoms with Crippen molar-refractivity contribution in [1.82, 2.24) is 9.80 Å². The predicted octanol–water partition coefficient (Wildman–Crippen LogP) is 1.04. The molecule has 0 aromatic heterocycles. The number of ether oxygens (including phenoxy) is 1. The Bertz CT molecular complexity index is 290. The lowest BCUT2D eigenvalue weighted by atomic mass is 10.0. The van der Waals surface area contributed by atoms with E-state index in [0.29, 0.717) is 6.04 Å². The fraction of sp³-hybridized carbons (Fsp3) is 0.929. The lowest BCUT2D eigenvalue weighted by Gasteiger charge is -2.38. The van der Waals surface area contributed by atoms with Crippen LogP contribution in [0.25, 0.3) is 0 Å². The summed E-state index contributed by atoms with van der Waals surface area (Å²) >= 11 is 0. The van der Waals surface area contributed by atoms with Gasteiger partial charge in [0.05, 0.1) is 0 Å². The molecule has 2 aliphatic rings. The molecular formula is C14H26N2O3. The Labute approximate surface area is 115 Å². The molecular weight excluding hydrogens is 244 g/mol. The number of hydrogen-bond acceptors (Lipinski definition) is 4. The van der Waals surface area contributed by atoms with E-state index < -0.39 is 5.97 Å². The first-order valence-electron chi connectivity index (χ1n) is 7.42. The zero-order chi connectivity index (χ0) is 13.7. The van der Waals surface area contributed by atoms with Gasteiger partial charge in [-0.25, -0.2) is 0 Å². The Morgan fingerprint density at radius 1 is 1.26 bits per heavy atom. The highest BCUT2D eigenvalue weighted by Gasteiger charge is 2.36. The number of rotatable bonds is 6. The van der Waals surface area contributed by atoms with Crippen molar-refractivity contribution in [3.05, 3.63) is 0 Å². The molecule has 19 heavy (non-hydrogen) atoms. The summed E-state index contributed by atoms with van der Waals surface area (Å²) in [5, 5.41) is 9.24. The van der Waals surface area contributed by atoms with Crippen LogP contribution in [0.4, 0.5) is 0 Å². The van der Waals surface area contributed by atoms with Crippen LogP contribution >= 0.6 is 0 Å². The molecule has 0 spiro atoms. The molecule has 0 bridgehead atoms. The lowest BCUT2D eigenvalue weighted by Crippen LogP contribution is -2.49. The van der Waals surface area contributed by atoms with Crippen LogP contribution in [-0.2, 0) is 9.53 Å². The van der Waals surface area contributed by atoms with Crippen molar-refractivity contribution in [1.29, 1.82) is 0 Å². The van der Waals surface area contributed by atoms with Gasteiger partial charge in [-0.3, -0.25) is 9.69 Å². The van der Waals surface area contributed by atoms with Gasteiger partial charge < -0.3 is 14.7 Å². The number of likely N-dealkylation sites (tertiary alicyclic amines) is 2. The Hall–Kier alpha value is -0.650.